The number of anilines is 4. The minimum absolute atomic E-state index is 0.00148. The normalized spacial score (nSPS) is 20.9. The Labute approximate surface area is 240 Å². The molecule has 224 valence electrons. The number of aliphatic hydroxyl groups is 1. The molecule has 5 rings (SSSR count). The Morgan fingerprint density at radius 3 is 2.46 bits per heavy atom. The Balaban J connectivity index is 1.42. The van der Waals surface area contributed by atoms with E-state index >= 15 is 0 Å². The molecule has 1 saturated carbocycles. The number of carbonyl (C=O) groups excluding carboxylic acids is 1. The molecule has 2 heterocycles. The zero-order chi connectivity index (χ0) is 29.2. The monoisotopic (exact) mass is 590 g/mol. The second kappa shape index (κ2) is 12.0. The highest BCUT2D eigenvalue weighted by Gasteiger charge is 2.44. The number of nitrogens with one attached hydrogen (secondary N) is 2. The second-order valence-electron chi connectivity index (χ2n) is 11.4. The molecule has 10 nitrogen and oxygen atoms in total. The lowest BCUT2D eigenvalue weighted by Crippen LogP contribution is -2.41. The van der Waals surface area contributed by atoms with E-state index in [1.54, 1.807) is 36.4 Å². The second-order valence-corrected chi connectivity index (χ2v) is 13.5. The van der Waals surface area contributed by atoms with E-state index in [2.05, 4.69) is 19.8 Å². The molecular formula is C29H39FN4O6S. The predicted octanol–water partition coefficient (Wildman–Crippen LogP) is 3.97. The molecule has 0 radical (unpaired) electrons. The number of halogens is 1. The summed E-state index contributed by atoms with van der Waals surface area (Å²) in [7, 11) is -3.80. The van der Waals surface area contributed by atoms with Gasteiger partial charge in [-0.15, -0.1) is 0 Å². The lowest BCUT2D eigenvalue weighted by atomic mass is 9.93. The molecule has 2 saturated heterocycles. The van der Waals surface area contributed by atoms with E-state index in [-0.39, 0.29) is 12.0 Å². The molecule has 0 unspecified atom stereocenters. The molecule has 1 aliphatic carbocycles. The molecule has 1 spiro atoms. The van der Waals surface area contributed by atoms with Gasteiger partial charge in [0.25, 0.3) is 5.91 Å². The third kappa shape index (κ3) is 6.70. The molecule has 3 aliphatic rings. The van der Waals surface area contributed by atoms with Crippen LogP contribution in [0.25, 0.3) is 0 Å². The van der Waals surface area contributed by atoms with Gasteiger partial charge in [0.1, 0.15) is 11.0 Å². The average Bonchev–Trinajstić information content (AvgIpc) is 3.72. The van der Waals surface area contributed by atoms with Crippen LogP contribution in [0.15, 0.2) is 36.4 Å². The number of amides is 1. The highest BCUT2D eigenvalue weighted by atomic mass is 32.2. The molecule has 0 bridgehead atoms. The molecule has 3 fully saturated rings. The number of ether oxygens (including phenoxy) is 2. The summed E-state index contributed by atoms with van der Waals surface area (Å²) in [5, 5.41) is 11.4. The number of hydrogen-bond donors (Lipinski definition) is 3. The van der Waals surface area contributed by atoms with Crippen LogP contribution in [0.4, 0.5) is 27.1 Å². The summed E-state index contributed by atoms with van der Waals surface area (Å²) in [6.07, 6.45) is 4.53. The molecule has 0 aromatic heterocycles. The first-order valence-electron chi connectivity index (χ1n) is 14.2. The van der Waals surface area contributed by atoms with Crippen LogP contribution in [0.2, 0.25) is 0 Å². The van der Waals surface area contributed by atoms with Crippen molar-refractivity contribution < 1.29 is 32.2 Å². The van der Waals surface area contributed by atoms with Gasteiger partial charge in [0.2, 0.25) is 16.9 Å². The molecule has 2 aromatic carbocycles. The van der Waals surface area contributed by atoms with Gasteiger partial charge in [-0.05, 0) is 81.3 Å². The summed E-state index contributed by atoms with van der Waals surface area (Å²) < 4.78 is 51.8. The van der Waals surface area contributed by atoms with Crippen molar-refractivity contribution >= 4 is 38.7 Å². The van der Waals surface area contributed by atoms with Crippen molar-refractivity contribution in [2.24, 2.45) is 5.41 Å². The molecule has 2 aliphatic heterocycles. The average molecular weight is 591 g/mol. The van der Waals surface area contributed by atoms with E-state index in [0.29, 0.717) is 59.2 Å². The Hall–Kier alpha value is -3.09. The number of rotatable bonds is 10. The van der Waals surface area contributed by atoms with Crippen LogP contribution < -0.4 is 24.6 Å². The van der Waals surface area contributed by atoms with Gasteiger partial charge in [0.05, 0.1) is 41.9 Å². The first-order chi connectivity index (χ1) is 19.6. The fourth-order valence-corrected chi connectivity index (χ4v) is 6.42. The van der Waals surface area contributed by atoms with Crippen molar-refractivity contribution in [3.05, 3.63) is 42.0 Å². The van der Waals surface area contributed by atoms with Crippen molar-refractivity contribution in [2.75, 3.05) is 66.1 Å². The number of benzene rings is 2. The van der Waals surface area contributed by atoms with Gasteiger partial charge in [-0.2, -0.15) is 0 Å². The van der Waals surface area contributed by atoms with Gasteiger partial charge >= 0.3 is 0 Å². The maximum atomic E-state index is 13.7. The number of hydrogen-bond acceptors (Lipinski definition) is 8. The minimum Gasteiger partial charge on any atom is -0.461 e. The van der Waals surface area contributed by atoms with Crippen LogP contribution in [0.3, 0.4) is 0 Å². The number of morpholine rings is 1. The summed E-state index contributed by atoms with van der Waals surface area (Å²) in [6, 6.07) is 9.97. The van der Waals surface area contributed by atoms with Crippen LogP contribution in [0, 0.1) is 5.41 Å². The Morgan fingerprint density at radius 1 is 1.10 bits per heavy atom. The maximum absolute atomic E-state index is 13.7. The van der Waals surface area contributed by atoms with Crippen molar-refractivity contribution in [2.45, 2.75) is 50.9 Å². The van der Waals surface area contributed by atoms with Crippen molar-refractivity contribution in [3.63, 3.8) is 0 Å². The number of carbonyl (C=O) groups is 1. The molecule has 2 aromatic rings. The largest absolute Gasteiger partial charge is 0.461 e. The van der Waals surface area contributed by atoms with E-state index in [4.69, 9.17) is 9.47 Å². The van der Waals surface area contributed by atoms with Crippen LogP contribution >= 0.6 is 0 Å². The number of aliphatic hydroxyl groups excluding tert-OH is 1. The lowest BCUT2D eigenvalue weighted by Gasteiger charge is -2.35. The van der Waals surface area contributed by atoms with E-state index in [1.165, 1.54) is 19.8 Å². The van der Waals surface area contributed by atoms with Crippen LogP contribution in [-0.4, -0.2) is 77.0 Å². The third-order valence-electron chi connectivity index (χ3n) is 8.42. The van der Waals surface area contributed by atoms with Gasteiger partial charge in [0, 0.05) is 31.9 Å². The first kappa shape index (κ1) is 29.4. The molecule has 41 heavy (non-hydrogen) atoms. The summed E-state index contributed by atoms with van der Waals surface area (Å²) in [5.74, 6) is 0.0432. The number of nitrogens with zero attached hydrogens (tertiary/aromatic N) is 2. The molecule has 1 amide bonds. The molecule has 2 atom stereocenters. The fraction of sp³-hybridized carbons (Fsp3) is 0.552. The standard InChI is InChI=1S/C29H39FN4O6S/c1-20-17-34(13-14-39-20)26-15-22(4-6-27(26)40-19-30)31-28(36)24-5-3-23(32-41(37,38)21(2)18-35)16-25(24)33-11-9-29(7-8-29)10-12-33/h3-6,15-16,20-21,32,35H,7-14,17-19H2,1-2H3,(H,31,36)/t20-,21+/m1/s1. The molecular weight excluding hydrogens is 551 g/mol. The van der Waals surface area contributed by atoms with Crippen molar-refractivity contribution in [3.8, 4) is 5.75 Å². The number of sulfonamides is 1. The zero-order valence-electron chi connectivity index (χ0n) is 23.6. The van der Waals surface area contributed by atoms with E-state index < -0.39 is 28.7 Å². The Morgan fingerprint density at radius 2 is 1.80 bits per heavy atom. The van der Waals surface area contributed by atoms with Gasteiger partial charge in [-0.3, -0.25) is 9.52 Å². The molecule has 12 heteroatoms. The SMILES string of the molecule is C[C@@H]1CN(c2cc(NC(=O)c3ccc(NS(=O)(=O)[C@@H](C)CO)cc3N3CCC4(CC3)CC4)ccc2OCF)CCO1. The van der Waals surface area contributed by atoms with Gasteiger partial charge in [-0.25, -0.2) is 12.8 Å². The molecule has 3 N–H and O–H groups in total. The number of alkyl halides is 1. The highest BCUT2D eigenvalue weighted by Crippen LogP contribution is 2.54. The van der Waals surface area contributed by atoms with Gasteiger partial charge in [-0.1, -0.05) is 0 Å². The zero-order valence-corrected chi connectivity index (χ0v) is 24.4. The number of piperidine rings is 1. The first-order valence-corrected chi connectivity index (χ1v) is 15.7. The predicted molar refractivity (Wildman–Crippen MR) is 157 cm³/mol. The Kier molecular flexibility index (Phi) is 8.62. The summed E-state index contributed by atoms with van der Waals surface area (Å²) in [5.41, 5.74) is 3.02. The van der Waals surface area contributed by atoms with E-state index in [9.17, 15) is 22.7 Å². The third-order valence-corrected chi connectivity index (χ3v) is 10.1. The summed E-state index contributed by atoms with van der Waals surface area (Å²) >= 11 is 0. The topological polar surface area (TPSA) is 120 Å². The van der Waals surface area contributed by atoms with Crippen LogP contribution in [0.5, 0.6) is 5.75 Å². The van der Waals surface area contributed by atoms with E-state index in [1.807, 2.05) is 6.92 Å². The van der Waals surface area contributed by atoms with Crippen LogP contribution in [0.1, 0.15) is 49.9 Å². The summed E-state index contributed by atoms with van der Waals surface area (Å²) in [4.78, 5) is 17.9. The maximum Gasteiger partial charge on any atom is 0.257 e. The van der Waals surface area contributed by atoms with Crippen molar-refractivity contribution in [1.82, 2.24) is 0 Å². The van der Waals surface area contributed by atoms with E-state index in [0.717, 1.165) is 25.9 Å². The van der Waals surface area contributed by atoms with Gasteiger partial charge < -0.3 is 29.7 Å². The van der Waals surface area contributed by atoms with Crippen molar-refractivity contribution in [1.29, 1.82) is 0 Å². The van der Waals surface area contributed by atoms with Gasteiger partial charge in [0.15, 0.2) is 0 Å². The highest BCUT2D eigenvalue weighted by molar-refractivity contribution is 7.93. The Bertz CT molecular complexity index is 1360. The summed E-state index contributed by atoms with van der Waals surface area (Å²) in [6.45, 7) is 5.22. The quantitative estimate of drug-likeness (QED) is 0.380. The smallest absolute Gasteiger partial charge is 0.257 e. The lowest BCUT2D eigenvalue weighted by molar-refractivity contribution is 0.0529. The minimum atomic E-state index is -3.80. The fourth-order valence-electron chi connectivity index (χ4n) is 5.57. The van der Waals surface area contributed by atoms with Crippen LogP contribution in [-0.2, 0) is 14.8 Å².